The van der Waals surface area contributed by atoms with Crippen molar-refractivity contribution in [2.24, 2.45) is 0 Å². The number of hydrogen-bond donors (Lipinski definition) is 1. The Morgan fingerprint density at radius 1 is 0.824 bits per heavy atom. The normalized spacial score (nSPS) is 12.5. The smallest absolute Gasteiger partial charge is 0.338 e. The molecule has 1 N–H and O–H groups in total. The van der Waals surface area contributed by atoms with Gasteiger partial charge in [0, 0.05) is 5.69 Å². The highest BCUT2D eigenvalue weighted by atomic mass is 35.5. The molecule has 2 aromatic heterocycles. The third-order valence-electron chi connectivity index (χ3n) is 8.62. The molecule has 0 aliphatic carbocycles. The number of carbonyl (C=O) groups is 2. The van der Waals surface area contributed by atoms with Crippen LogP contribution in [0.2, 0.25) is 0 Å². The number of halogens is 1. The maximum Gasteiger partial charge on any atom is 0.338 e. The number of oxazole rings is 1. The lowest BCUT2D eigenvalue weighted by molar-refractivity contribution is -0.117. The Balaban J connectivity index is 1.13. The van der Waals surface area contributed by atoms with Gasteiger partial charge < -0.3 is 14.5 Å². The van der Waals surface area contributed by atoms with Crippen molar-refractivity contribution in [3.05, 3.63) is 90.3 Å². The number of benzene rings is 3. The number of fused-ring (bicyclic) bond motifs is 1. The molecule has 5 aromatic rings. The summed E-state index contributed by atoms with van der Waals surface area (Å²) in [5, 5.41) is 15.1. The molecule has 0 saturated heterocycles. The summed E-state index contributed by atoms with van der Waals surface area (Å²) in [6.07, 6.45) is 17.7. The fraction of sp³-hybridized carbons (Fsp3) is 0.436. The maximum absolute atomic E-state index is 14.0. The molecular formula is C39H47ClN6O4S. The van der Waals surface area contributed by atoms with Gasteiger partial charge in [0.2, 0.25) is 11.0 Å². The fourth-order valence-electron chi connectivity index (χ4n) is 5.78. The number of tetrazole rings is 1. The summed E-state index contributed by atoms with van der Waals surface area (Å²) in [6.45, 7) is 2.61. The number of alkyl halides is 1. The van der Waals surface area contributed by atoms with Crippen molar-refractivity contribution >= 4 is 52.0 Å². The number of hydrogen-bond acceptors (Lipinski definition) is 9. The number of nitrogens with one attached hydrogen (secondary N) is 1. The molecule has 5 rings (SSSR count). The van der Waals surface area contributed by atoms with Gasteiger partial charge in [-0.3, -0.25) is 4.79 Å². The Labute approximate surface area is 309 Å². The molecule has 1 amide bonds. The summed E-state index contributed by atoms with van der Waals surface area (Å²) in [6, 6.07) is 22.9. The zero-order valence-corrected chi connectivity index (χ0v) is 30.8. The van der Waals surface area contributed by atoms with Crippen molar-refractivity contribution < 1.29 is 18.7 Å². The van der Waals surface area contributed by atoms with Crippen molar-refractivity contribution in [1.29, 1.82) is 0 Å². The second-order valence-corrected chi connectivity index (χ2v) is 14.6. The van der Waals surface area contributed by atoms with E-state index in [1.807, 2.05) is 36.4 Å². The van der Waals surface area contributed by atoms with Crippen LogP contribution in [0.1, 0.15) is 113 Å². The van der Waals surface area contributed by atoms with E-state index in [-0.39, 0.29) is 11.0 Å². The number of anilines is 1. The molecule has 12 heteroatoms. The number of ether oxygens (including phenoxy) is 1. The number of aromatic nitrogens is 5. The number of amides is 1. The third-order valence-corrected chi connectivity index (χ3v) is 10.3. The van der Waals surface area contributed by atoms with Gasteiger partial charge in [0.25, 0.3) is 10.1 Å². The molecule has 0 bridgehead atoms. The lowest BCUT2D eigenvalue weighted by Crippen LogP contribution is -2.33. The van der Waals surface area contributed by atoms with Crippen LogP contribution in [-0.4, -0.2) is 43.7 Å². The van der Waals surface area contributed by atoms with Crippen LogP contribution in [0.4, 0.5) is 5.69 Å². The Kier molecular flexibility index (Phi) is 14.9. The molecular weight excluding hydrogens is 684 g/mol. The van der Waals surface area contributed by atoms with Crippen molar-refractivity contribution in [3.63, 3.8) is 0 Å². The van der Waals surface area contributed by atoms with Crippen LogP contribution < -0.4 is 5.32 Å². The Bertz CT molecular complexity index is 1780. The van der Waals surface area contributed by atoms with Gasteiger partial charge in [0.1, 0.15) is 5.52 Å². The number of para-hydroxylation sites is 3. The van der Waals surface area contributed by atoms with Gasteiger partial charge in [-0.2, -0.15) is 4.68 Å². The average molecular weight is 731 g/mol. The summed E-state index contributed by atoms with van der Waals surface area (Å²) in [5.74, 6) is -1.15. The molecule has 0 aliphatic rings. The minimum Gasteiger partial charge on any atom is -0.462 e. The average Bonchev–Trinajstić information content (AvgIpc) is 3.81. The summed E-state index contributed by atoms with van der Waals surface area (Å²) < 4.78 is 11.1. The first-order valence-electron chi connectivity index (χ1n) is 18.1. The first-order chi connectivity index (χ1) is 25.0. The molecule has 270 valence electrons. The molecule has 51 heavy (non-hydrogen) atoms. The summed E-state index contributed by atoms with van der Waals surface area (Å²) in [5.41, 5.74) is 2.37. The first kappa shape index (κ1) is 38.0. The highest BCUT2D eigenvalue weighted by Gasteiger charge is 2.46. The number of carbonyl (C=O) groups excluding carboxylic acids is 2. The number of rotatable bonds is 22. The lowest BCUT2D eigenvalue weighted by Gasteiger charge is -2.21. The van der Waals surface area contributed by atoms with Gasteiger partial charge in [-0.25, -0.2) is 9.78 Å². The van der Waals surface area contributed by atoms with E-state index in [1.165, 1.54) is 75.3 Å². The monoisotopic (exact) mass is 730 g/mol. The van der Waals surface area contributed by atoms with E-state index in [0.29, 0.717) is 34.6 Å². The van der Waals surface area contributed by atoms with Gasteiger partial charge in [0.05, 0.1) is 17.9 Å². The van der Waals surface area contributed by atoms with Crippen molar-refractivity contribution in [2.75, 3.05) is 11.9 Å². The van der Waals surface area contributed by atoms with E-state index in [0.717, 1.165) is 31.0 Å². The van der Waals surface area contributed by atoms with Crippen molar-refractivity contribution in [3.8, 4) is 5.69 Å². The van der Waals surface area contributed by atoms with Gasteiger partial charge in [-0.05, 0) is 71.1 Å². The summed E-state index contributed by atoms with van der Waals surface area (Å²) in [7, 11) is 0. The molecule has 0 radical (unpaired) electrons. The molecule has 0 aliphatic heterocycles. The zero-order chi connectivity index (χ0) is 35.7. The maximum atomic E-state index is 14.0. The zero-order valence-electron chi connectivity index (χ0n) is 29.3. The Morgan fingerprint density at radius 2 is 1.47 bits per heavy atom. The summed E-state index contributed by atoms with van der Waals surface area (Å²) >= 11 is 8.05. The Morgan fingerprint density at radius 3 is 2.16 bits per heavy atom. The van der Waals surface area contributed by atoms with Crippen LogP contribution in [0.5, 0.6) is 0 Å². The quantitative estimate of drug-likeness (QED) is 0.0320. The predicted molar refractivity (Wildman–Crippen MR) is 202 cm³/mol. The van der Waals surface area contributed by atoms with Gasteiger partial charge in [-0.15, -0.1) is 5.10 Å². The van der Waals surface area contributed by atoms with Crippen molar-refractivity contribution in [1.82, 2.24) is 25.2 Å². The molecule has 0 fully saturated rings. The highest BCUT2D eigenvalue weighted by Crippen LogP contribution is 2.46. The minimum absolute atomic E-state index is 0.0424. The number of esters is 1. The van der Waals surface area contributed by atoms with E-state index >= 15 is 0 Å². The van der Waals surface area contributed by atoms with Crippen LogP contribution >= 0.6 is 23.4 Å². The Hall–Kier alpha value is -4.22. The highest BCUT2D eigenvalue weighted by molar-refractivity contribution is 8.02. The van der Waals surface area contributed by atoms with Crippen LogP contribution in [0.25, 0.3) is 16.8 Å². The standard InChI is InChI=1S/C39H47ClN6O4S/c1-2-3-4-5-6-7-8-9-10-11-12-13-14-20-28-49-35(47)30-22-21-23-31(29-30)41-36(48)39(40,37-42-33-26-18-19-27-34(33)50-37)51-38-43-44-45-46(38)32-24-16-15-17-25-32/h15-19,21-27,29H,2-14,20,28H2,1H3,(H,41,48). The topological polar surface area (TPSA) is 125 Å². The molecule has 10 nitrogen and oxygen atoms in total. The first-order valence-corrected chi connectivity index (χ1v) is 19.3. The molecule has 1 atom stereocenters. The van der Waals surface area contributed by atoms with Crippen LogP contribution in [0, 0.1) is 0 Å². The third kappa shape index (κ3) is 11.1. The van der Waals surface area contributed by atoms with Gasteiger partial charge in [0.15, 0.2) is 5.58 Å². The van der Waals surface area contributed by atoms with E-state index in [9.17, 15) is 9.59 Å². The summed E-state index contributed by atoms with van der Waals surface area (Å²) in [4.78, 5) is 31.5. The molecule has 1 unspecified atom stereocenters. The number of unbranched alkanes of at least 4 members (excludes halogenated alkanes) is 13. The largest absolute Gasteiger partial charge is 0.462 e. The number of thioether (sulfide) groups is 1. The van der Waals surface area contributed by atoms with E-state index in [4.69, 9.17) is 20.8 Å². The molecule has 0 spiro atoms. The van der Waals surface area contributed by atoms with Gasteiger partial charge in [-0.1, -0.05) is 138 Å². The van der Waals surface area contributed by atoms with E-state index in [1.54, 1.807) is 42.5 Å². The minimum atomic E-state index is -1.93. The number of nitrogens with zero attached hydrogens (tertiary/aromatic N) is 5. The molecule has 0 saturated carbocycles. The van der Waals surface area contributed by atoms with Gasteiger partial charge >= 0.3 is 5.97 Å². The second kappa shape index (κ2) is 20.0. The lowest BCUT2D eigenvalue weighted by atomic mass is 10.0. The van der Waals surface area contributed by atoms with Crippen LogP contribution in [0.3, 0.4) is 0 Å². The van der Waals surface area contributed by atoms with Crippen molar-refractivity contribution in [2.45, 2.75) is 106 Å². The molecule has 3 aromatic carbocycles. The van der Waals surface area contributed by atoms with E-state index < -0.39 is 16.1 Å². The second-order valence-electron chi connectivity index (χ2n) is 12.7. The molecule has 2 heterocycles. The van der Waals surface area contributed by atoms with E-state index in [2.05, 4.69) is 32.7 Å². The fourth-order valence-corrected chi connectivity index (χ4v) is 6.99. The SMILES string of the molecule is CCCCCCCCCCCCCCCCOC(=O)c1cccc(NC(=O)C(Cl)(Sc2nnnn2-c2ccccc2)c2nc3ccccc3o2)c1. The van der Waals surface area contributed by atoms with Crippen LogP contribution in [-0.2, 0) is 13.7 Å². The predicted octanol–water partition coefficient (Wildman–Crippen LogP) is 10.3. The van der Waals surface area contributed by atoms with Crippen LogP contribution in [0.15, 0.2) is 88.4 Å².